The lowest BCUT2D eigenvalue weighted by molar-refractivity contribution is -0.140. The standard InChI is InChI=1S/C24H34F3N3O4/c1-15-12-30(10-9-24(25,26)27)16(2)14-34-20-8-7-18(28-22(31)17-5-6-17)11-19(20)23(32)29(3)13-21(15)33-4/h7-8,11,15-17,21H,5-6,9-10,12-14H2,1-4H3,(H,28,31)/t15-,16+,21-/m1/s1. The van der Waals surface area contributed by atoms with E-state index in [1.54, 1.807) is 30.1 Å². The molecule has 2 aliphatic rings. The summed E-state index contributed by atoms with van der Waals surface area (Å²) in [7, 11) is 3.19. The van der Waals surface area contributed by atoms with Gasteiger partial charge in [0.1, 0.15) is 12.4 Å². The van der Waals surface area contributed by atoms with E-state index in [2.05, 4.69) is 5.32 Å². The number of fused-ring (bicyclic) bond motifs is 1. The Bertz CT molecular complexity index is 876. The van der Waals surface area contributed by atoms with Crippen LogP contribution in [0.15, 0.2) is 18.2 Å². The minimum Gasteiger partial charge on any atom is -0.491 e. The Morgan fingerprint density at radius 2 is 1.94 bits per heavy atom. The molecule has 1 heterocycles. The van der Waals surface area contributed by atoms with Crippen LogP contribution in [0.4, 0.5) is 18.9 Å². The summed E-state index contributed by atoms with van der Waals surface area (Å²) in [6.07, 6.45) is -3.81. The first-order valence-corrected chi connectivity index (χ1v) is 11.6. The number of rotatable bonds is 5. The largest absolute Gasteiger partial charge is 0.491 e. The van der Waals surface area contributed by atoms with Crippen LogP contribution >= 0.6 is 0 Å². The molecule has 0 bridgehead atoms. The predicted octanol–water partition coefficient (Wildman–Crippen LogP) is 3.79. The number of methoxy groups -OCH3 is 1. The van der Waals surface area contributed by atoms with E-state index in [-0.39, 0.29) is 61.1 Å². The molecule has 7 nitrogen and oxygen atoms in total. The molecule has 34 heavy (non-hydrogen) atoms. The van der Waals surface area contributed by atoms with Crippen molar-refractivity contribution in [2.45, 2.75) is 51.4 Å². The van der Waals surface area contributed by atoms with Crippen LogP contribution in [-0.4, -0.2) is 80.3 Å². The number of nitrogens with one attached hydrogen (secondary N) is 1. The third-order valence-corrected chi connectivity index (χ3v) is 6.47. The van der Waals surface area contributed by atoms with E-state index in [0.717, 1.165) is 12.8 Å². The van der Waals surface area contributed by atoms with E-state index in [9.17, 15) is 22.8 Å². The van der Waals surface area contributed by atoms with Crippen LogP contribution in [0, 0.1) is 11.8 Å². The number of carbonyl (C=O) groups excluding carboxylic acids is 2. The summed E-state index contributed by atoms with van der Waals surface area (Å²) in [4.78, 5) is 28.8. The number of hydrogen-bond donors (Lipinski definition) is 1. The molecule has 1 saturated carbocycles. The highest BCUT2D eigenvalue weighted by atomic mass is 19.4. The van der Waals surface area contributed by atoms with E-state index in [4.69, 9.17) is 9.47 Å². The Labute approximate surface area is 198 Å². The molecule has 1 aliphatic heterocycles. The van der Waals surface area contributed by atoms with Gasteiger partial charge in [-0.25, -0.2) is 0 Å². The summed E-state index contributed by atoms with van der Waals surface area (Å²) in [6.45, 7) is 4.32. The predicted molar refractivity (Wildman–Crippen MR) is 122 cm³/mol. The Hall–Kier alpha value is -2.33. The van der Waals surface area contributed by atoms with E-state index in [1.165, 1.54) is 12.0 Å². The number of likely N-dealkylation sites (N-methyl/N-ethyl adjacent to an activating group) is 1. The van der Waals surface area contributed by atoms with Gasteiger partial charge in [-0.3, -0.25) is 14.5 Å². The summed E-state index contributed by atoms with van der Waals surface area (Å²) < 4.78 is 50.4. The maximum atomic E-state index is 13.3. The molecule has 1 aromatic rings. The van der Waals surface area contributed by atoms with E-state index in [1.807, 2.05) is 13.8 Å². The molecule has 190 valence electrons. The second-order valence-corrected chi connectivity index (χ2v) is 9.43. The highest BCUT2D eigenvalue weighted by Crippen LogP contribution is 2.32. The molecule has 3 atom stereocenters. The van der Waals surface area contributed by atoms with Crippen molar-refractivity contribution < 1.29 is 32.2 Å². The number of ether oxygens (including phenoxy) is 2. The number of amides is 2. The first-order chi connectivity index (χ1) is 16.0. The Morgan fingerprint density at radius 3 is 2.56 bits per heavy atom. The Morgan fingerprint density at radius 1 is 1.24 bits per heavy atom. The van der Waals surface area contributed by atoms with Crippen molar-refractivity contribution in [2.24, 2.45) is 11.8 Å². The third kappa shape index (κ3) is 7.09. The summed E-state index contributed by atoms with van der Waals surface area (Å²) >= 11 is 0. The number of carbonyl (C=O) groups is 2. The number of benzene rings is 1. The highest BCUT2D eigenvalue weighted by molar-refractivity contribution is 6.00. The lowest BCUT2D eigenvalue weighted by Crippen LogP contribution is -2.47. The second kappa shape index (κ2) is 10.9. The zero-order valence-electron chi connectivity index (χ0n) is 20.2. The van der Waals surface area contributed by atoms with Gasteiger partial charge in [0.2, 0.25) is 5.91 Å². The van der Waals surface area contributed by atoms with Crippen molar-refractivity contribution in [2.75, 3.05) is 45.7 Å². The van der Waals surface area contributed by atoms with Crippen molar-refractivity contribution in [3.8, 4) is 5.75 Å². The lowest BCUT2D eigenvalue weighted by atomic mass is 10.0. The highest BCUT2D eigenvalue weighted by Gasteiger charge is 2.33. The Kier molecular flexibility index (Phi) is 8.46. The number of alkyl halides is 3. The van der Waals surface area contributed by atoms with Crippen LogP contribution in [-0.2, 0) is 9.53 Å². The Balaban J connectivity index is 1.88. The zero-order chi connectivity index (χ0) is 25.0. The molecule has 10 heteroatoms. The summed E-state index contributed by atoms with van der Waals surface area (Å²) in [5.74, 6) is -0.139. The third-order valence-electron chi connectivity index (χ3n) is 6.47. The molecule has 0 aromatic heterocycles. The second-order valence-electron chi connectivity index (χ2n) is 9.43. The van der Waals surface area contributed by atoms with E-state index in [0.29, 0.717) is 18.0 Å². The average molecular weight is 486 g/mol. The zero-order valence-corrected chi connectivity index (χ0v) is 20.2. The van der Waals surface area contributed by atoms with Crippen molar-refractivity contribution in [3.05, 3.63) is 23.8 Å². The molecule has 1 aliphatic carbocycles. The monoisotopic (exact) mass is 485 g/mol. The molecule has 2 amide bonds. The SMILES string of the molecule is CO[C@@H]1CN(C)C(=O)c2cc(NC(=O)C3CC3)ccc2OC[C@H](C)N(CCC(F)(F)F)C[C@H]1C. The van der Waals surface area contributed by atoms with Gasteiger partial charge < -0.3 is 19.7 Å². The van der Waals surface area contributed by atoms with Crippen LogP contribution in [0.1, 0.15) is 43.5 Å². The van der Waals surface area contributed by atoms with Crippen molar-refractivity contribution in [1.29, 1.82) is 0 Å². The average Bonchev–Trinajstić information content (AvgIpc) is 3.62. The van der Waals surface area contributed by atoms with Crippen molar-refractivity contribution >= 4 is 17.5 Å². The van der Waals surface area contributed by atoms with Crippen LogP contribution in [0.5, 0.6) is 5.75 Å². The molecule has 1 aromatic carbocycles. The first kappa shape index (κ1) is 26.3. The molecular weight excluding hydrogens is 451 g/mol. The van der Waals surface area contributed by atoms with Gasteiger partial charge in [0.15, 0.2) is 0 Å². The molecule has 0 spiro atoms. The molecule has 3 rings (SSSR count). The molecule has 1 N–H and O–H groups in total. The van der Waals surface area contributed by atoms with Crippen molar-refractivity contribution in [1.82, 2.24) is 9.80 Å². The van der Waals surface area contributed by atoms with Gasteiger partial charge in [-0.1, -0.05) is 6.92 Å². The van der Waals surface area contributed by atoms with Crippen LogP contribution in [0.3, 0.4) is 0 Å². The summed E-state index contributed by atoms with van der Waals surface area (Å²) in [5.41, 5.74) is 0.790. The molecular formula is C24H34F3N3O4. The van der Waals surface area contributed by atoms with Crippen LogP contribution in [0.2, 0.25) is 0 Å². The number of hydrogen-bond acceptors (Lipinski definition) is 5. The van der Waals surface area contributed by atoms with Gasteiger partial charge in [-0.15, -0.1) is 0 Å². The van der Waals surface area contributed by atoms with Crippen LogP contribution < -0.4 is 10.1 Å². The quantitative estimate of drug-likeness (QED) is 0.687. The van der Waals surface area contributed by atoms with Gasteiger partial charge in [0.05, 0.1) is 18.1 Å². The minimum absolute atomic E-state index is 0.0167. The topological polar surface area (TPSA) is 71.1 Å². The lowest BCUT2D eigenvalue weighted by Gasteiger charge is -2.36. The van der Waals surface area contributed by atoms with Gasteiger partial charge in [-0.2, -0.15) is 13.2 Å². The van der Waals surface area contributed by atoms with Crippen LogP contribution in [0.25, 0.3) is 0 Å². The van der Waals surface area contributed by atoms with Gasteiger partial charge in [0.25, 0.3) is 5.91 Å². The fourth-order valence-corrected chi connectivity index (χ4v) is 4.10. The summed E-state index contributed by atoms with van der Waals surface area (Å²) in [5, 5.41) is 2.84. The van der Waals surface area contributed by atoms with Gasteiger partial charge >= 0.3 is 6.18 Å². The maximum Gasteiger partial charge on any atom is 0.390 e. The summed E-state index contributed by atoms with van der Waals surface area (Å²) in [6, 6.07) is 4.57. The van der Waals surface area contributed by atoms with E-state index >= 15 is 0 Å². The number of halogens is 3. The number of anilines is 1. The molecule has 0 radical (unpaired) electrons. The maximum absolute atomic E-state index is 13.3. The normalized spacial score (nSPS) is 25.1. The van der Waals surface area contributed by atoms with Gasteiger partial charge in [-0.05, 0) is 43.9 Å². The smallest absolute Gasteiger partial charge is 0.390 e. The fourth-order valence-electron chi connectivity index (χ4n) is 4.10. The molecule has 1 fully saturated rings. The fraction of sp³-hybridized carbons (Fsp3) is 0.667. The van der Waals surface area contributed by atoms with Crippen molar-refractivity contribution in [3.63, 3.8) is 0 Å². The van der Waals surface area contributed by atoms with Gasteiger partial charge in [0, 0.05) is 51.4 Å². The van der Waals surface area contributed by atoms with E-state index < -0.39 is 12.6 Å². The molecule has 0 saturated heterocycles. The number of nitrogens with zero attached hydrogens (tertiary/aromatic N) is 2. The first-order valence-electron chi connectivity index (χ1n) is 11.6. The minimum atomic E-state index is -4.26. The molecule has 0 unspecified atom stereocenters.